The molecule has 1 aromatic heterocycles. The highest BCUT2D eigenvalue weighted by Crippen LogP contribution is 2.27. The predicted molar refractivity (Wildman–Crippen MR) is 81.9 cm³/mol. The largest absolute Gasteiger partial charge is 0.387 e. The fourth-order valence-corrected chi connectivity index (χ4v) is 3.02. The molecule has 1 aliphatic heterocycles. The van der Waals surface area contributed by atoms with E-state index in [9.17, 15) is 9.50 Å². The Labute approximate surface area is 129 Å². The topological polar surface area (TPSA) is 37.6 Å². The molecule has 0 radical (unpaired) electrons. The van der Waals surface area contributed by atoms with E-state index in [0.29, 0.717) is 25.3 Å². The number of aliphatic hydroxyl groups is 1. The van der Waals surface area contributed by atoms with Crippen LogP contribution in [0.25, 0.3) is 0 Å². The van der Waals surface area contributed by atoms with Gasteiger partial charge in [0.15, 0.2) is 0 Å². The number of ether oxygens (including phenoxy) is 1. The molecule has 1 N–H and O–H groups in total. The van der Waals surface area contributed by atoms with Gasteiger partial charge in [0.2, 0.25) is 0 Å². The third-order valence-corrected chi connectivity index (χ3v) is 4.24. The first-order chi connectivity index (χ1) is 10.7. The minimum absolute atomic E-state index is 0.0789. The van der Waals surface area contributed by atoms with Crippen LogP contribution in [0.2, 0.25) is 0 Å². The first-order valence-electron chi connectivity index (χ1n) is 7.52. The Morgan fingerprint density at radius 1 is 1.32 bits per heavy atom. The summed E-state index contributed by atoms with van der Waals surface area (Å²) in [5, 5.41) is 10.4. The first-order valence-corrected chi connectivity index (χ1v) is 7.52. The van der Waals surface area contributed by atoms with Crippen molar-refractivity contribution in [3.05, 3.63) is 59.7 Å². The van der Waals surface area contributed by atoms with Gasteiger partial charge in [0.1, 0.15) is 5.82 Å². The maximum absolute atomic E-state index is 13.8. The zero-order chi connectivity index (χ0) is 15.5. The molecule has 0 saturated carbocycles. The number of aliphatic hydroxyl groups excluding tert-OH is 1. The van der Waals surface area contributed by atoms with E-state index in [1.54, 1.807) is 18.2 Å². The van der Waals surface area contributed by atoms with Crippen molar-refractivity contribution in [2.24, 2.45) is 7.05 Å². The minimum atomic E-state index is -0.845. The number of β-amino-alcohol motifs (C(OH)–C–C–N with tert-alkyl or cyclic N) is 1. The average Bonchev–Trinajstić information content (AvgIpc) is 2.94. The maximum Gasteiger partial charge on any atom is 0.129 e. The standard InChI is InChI=1S/C17H21FN2O2/c1-19-8-4-7-15(19)16-12-22-10-9-20(16)11-17(21)13-5-2-3-6-14(13)18/h2-8,16-17,21H,9-12H2,1H3/t16-,17+/m1/s1. The Bertz CT molecular complexity index is 629. The Kier molecular flexibility index (Phi) is 4.57. The molecule has 5 heteroatoms. The van der Waals surface area contributed by atoms with E-state index in [-0.39, 0.29) is 11.9 Å². The summed E-state index contributed by atoms with van der Waals surface area (Å²) in [4.78, 5) is 2.16. The van der Waals surface area contributed by atoms with Gasteiger partial charge < -0.3 is 14.4 Å². The average molecular weight is 304 g/mol. The molecule has 1 fully saturated rings. The highest BCUT2D eigenvalue weighted by molar-refractivity contribution is 5.20. The molecule has 1 aromatic carbocycles. The molecule has 1 aliphatic rings. The summed E-state index contributed by atoms with van der Waals surface area (Å²) < 4.78 is 21.5. The Hall–Kier alpha value is -1.69. The number of aromatic nitrogens is 1. The Morgan fingerprint density at radius 2 is 2.14 bits per heavy atom. The molecule has 0 amide bonds. The lowest BCUT2D eigenvalue weighted by Crippen LogP contribution is -2.42. The van der Waals surface area contributed by atoms with Crippen LogP contribution < -0.4 is 0 Å². The molecule has 0 bridgehead atoms. The molecular formula is C17H21FN2O2. The van der Waals surface area contributed by atoms with Crippen LogP contribution in [-0.4, -0.2) is 40.9 Å². The van der Waals surface area contributed by atoms with Crippen LogP contribution in [0.5, 0.6) is 0 Å². The number of nitrogens with zero attached hydrogens (tertiary/aromatic N) is 2. The summed E-state index contributed by atoms with van der Waals surface area (Å²) in [6.07, 6.45) is 1.15. The van der Waals surface area contributed by atoms with Gasteiger partial charge in [0.25, 0.3) is 0 Å². The highest BCUT2D eigenvalue weighted by Gasteiger charge is 2.28. The van der Waals surface area contributed by atoms with Crippen LogP contribution >= 0.6 is 0 Å². The molecule has 2 atom stereocenters. The molecule has 0 spiro atoms. The van der Waals surface area contributed by atoms with E-state index in [1.807, 2.05) is 19.3 Å². The number of morpholine rings is 1. The number of rotatable bonds is 4. The van der Waals surface area contributed by atoms with Gasteiger partial charge >= 0.3 is 0 Å². The van der Waals surface area contributed by atoms with Crippen LogP contribution in [0.1, 0.15) is 23.4 Å². The fourth-order valence-electron chi connectivity index (χ4n) is 3.02. The van der Waals surface area contributed by atoms with E-state index >= 15 is 0 Å². The number of benzene rings is 1. The minimum Gasteiger partial charge on any atom is -0.387 e. The lowest BCUT2D eigenvalue weighted by atomic mass is 10.1. The van der Waals surface area contributed by atoms with E-state index in [4.69, 9.17) is 4.74 Å². The lowest BCUT2D eigenvalue weighted by Gasteiger charge is -2.37. The third kappa shape index (κ3) is 3.06. The van der Waals surface area contributed by atoms with Gasteiger partial charge in [-0.3, -0.25) is 4.90 Å². The van der Waals surface area contributed by atoms with Gasteiger partial charge in [-0.25, -0.2) is 4.39 Å². The maximum atomic E-state index is 13.8. The monoisotopic (exact) mass is 304 g/mol. The summed E-state index contributed by atoms with van der Waals surface area (Å²) in [6, 6.07) is 10.5. The lowest BCUT2D eigenvalue weighted by molar-refractivity contribution is -0.0305. The van der Waals surface area contributed by atoms with E-state index < -0.39 is 6.10 Å². The van der Waals surface area contributed by atoms with Gasteiger partial charge in [-0.2, -0.15) is 0 Å². The van der Waals surface area contributed by atoms with E-state index in [1.165, 1.54) is 6.07 Å². The summed E-state index contributed by atoms with van der Waals surface area (Å²) in [6.45, 7) is 2.33. The molecule has 1 saturated heterocycles. The van der Waals surface area contributed by atoms with Crippen molar-refractivity contribution < 1.29 is 14.2 Å². The van der Waals surface area contributed by atoms with Crippen molar-refractivity contribution >= 4 is 0 Å². The van der Waals surface area contributed by atoms with E-state index in [2.05, 4.69) is 15.5 Å². The Balaban J connectivity index is 1.77. The zero-order valence-electron chi connectivity index (χ0n) is 12.7. The second kappa shape index (κ2) is 6.60. The van der Waals surface area contributed by atoms with Gasteiger partial charge in [0.05, 0.1) is 25.4 Å². The summed E-state index contributed by atoms with van der Waals surface area (Å²) in [7, 11) is 2.00. The quantitative estimate of drug-likeness (QED) is 0.941. The normalized spacial score (nSPS) is 21.0. The van der Waals surface area contributed by atoms with E-state index in [0.717, 1.165) is 12.2 Å². The molecule has 22 heavy (non-hydrogen) atoms. The van der Waals surface area contributed by atoms with Crippen molar-refractivity contribution in [3.8, 4) is 0 Å². The van der Waals surface area contributed by atoms with Crippen molar-refractivity contribution in [2.45, 2.75) is 12.1 Å². The van der Waals surface area contributed by atoms with Crippen LogP contribution in [0.15, 0.2) is 42.6 Å². The number of hydrogen-bond donors (Lipinski definition) is 1. The summed E-state index contributed by atoms with van der Waals surface area (Å²) in [5.74, 6) is -0.362. The van der Waals surface area contributed by atoms with Crippen LogP contribution in [-0.2, 0) is 11.8 Å². The molecule has 2 aromatic rings. The van der Waals surface area contributed by atoms with Gasteiger partial charge in [-0.15, -0.1) is 0 Å². The van der Waals surface area contributed by atoms with Crippen molar-refractivity contribution in [1.82, 2.24) is 9.47 Å². The van der Waals surface area contributed by atoms with Gasteiger partial charge in [-0.05, 0) is 18.2 Å². The summed E-state index contributed by atoms with van der Waals surface area (Å²) in [5.41, 5.74) is 1.49. The molecule has 0 unspecified atom stereocenters. The van der Waals surface area contributed by atoms with Gasteiger partial charge in [0, 0.05) is 37.6 Å². The molecular weight excluding hydrogens is 283 g/mol. The van der Waals surface area contributed by atoms with Crippen molar-refractivity contribution in [3.63, 3.8) is 0 Å². The molecule has 4 nitrogen and oxygen atoms in total. The van der Waals surface area contributed by atoms with Gasteiger partial charge in [-0.1, -0.05) is 18.2 Å². The SMILES string of the molecule is Cn1cccc1[C@H]1COCCN1C[C@H](O)c1ccccc1F. The predicted octanol–water partition coefficient (Wildman–Crippen LogP) is 2.27. The number of hydrogen-bond acceptors (Lipinski definition) is 3. The highest BCUT2D eigenvalue weighted by atomic mass is 19.1. The van der Waals surface area contributed by atoms with Crippen molar-refractivity contribution in [1.29, 1.82) is 0 Å². The third-order valence-electron chi connectivity index (χ3n) is 4.24. The number of aryl methyl sites for hydroxylation is 1. The summed E-state index contributed by atoms with van der Waals surface area (Å²) >= 11 is 0. The number of halogens is 1. The van der Waals surface area contributed by atoms with Crippen LogP contribution in [0, 0.1) is 5.82 Å². The Morgan fingerprint density at radius 3 is 2.86 bits per heavy atom. The molecule has 0 aliphatic carbocycles. The molecule has 3 rings (SSSR count). The van der Waals surface area contributed by atoms with Crippen LogP contribution in [0.4, 0.5) is 4.39 Å². The second-order valence-electron chi connectivity index (χ2n) is 5.67. The second-order valence-corrected chi connectivity index (χ2v) is 5.67. The van der Waals surface area contributed by atoms with Crippen LogP contribution in [0.3, 0.4) is 0 Å². The first kappa shape index (κ1) is 15.2. The van der Waals surface area contributed by atoms with Crippen molar-refractivity contribution in [2.75, 3.05) is 26.3 Å². The molecule has 118 valence electrons. The zero-order valence-corrected chi connectivity index (χ0v) is 12.7. The molecule has 2 heterocycles. The fraction of sp³-hybridized carbons (Fsp3) is 0.412. The smallest absolute Gasteiger partial charge is 0.129 e.